The van der Waals surface area contributed by atoms with Gasteiger partial charge in [-0.1, -0.05) is 11.6 Å². The molecule has 0 saturated carbocycles. The van der Waals surface area contributed by atoms with E-state index in [1.54, 1.807) is 6.92 Å². The van der Waals surface area contributed by atoms with Crippen molar-refractivity contribution in [1.82, 2.24) is 14.1 Å². The highest BCUT2D eigenvalue weighted by molar-refractivity contribution is 7.89. The summed E-state index contributed by atoms with van der Waals surface area (Å²) < 4.78 is 27.0. The Balaban J connectivity index is 2.39. The lowest BCUT2D eigenvalue weighted by atomic mass is 10.1. The van der Waals surface area contributed by atoms with Gasteiger partial charge in [-0.25, -0.2) is 8.42 Å². The van der Waals surface area contributed by atoms with Crippen LogP contribution >= 0.6 is 11.6 Å². The number of β-amino-alcohol motifs (C(OH)–C–C–N with tert-alkyl or cyclic N) is 1. The molecular weight excluding hydrogens is 266 g/mol. The third-order valence-electron chi connectivity index (χ3n) is 2.84. The molecule has 17 heavy (non-hydrogen) atoms. The molecule has 0 aliphatic carbocycles. The van der Waals surface area contributed by atoms with Crippen molar-refractivity contribution < 1.29 is 13.5 Å². The second-order valence-electron chi connectivity index (χ2n) is 4.51. The van der Waals surface area contributed by atoms with Crippen molar-refractivity contribution in [3.05, 3.63) is 11.2 Å². The van der Waals surface area contributed by atoms with E-state index in [2.05, 4.69) is 5.10 Å². The molecular formula is C9H14ClN3O3S. The van der Waals surface area contributed by atoms with Crippen molar-refractivity contribution in [3.8, 4) is 0 Å². The van der Waals surface area contributed by atoms with Gasteiger partial charge in [0.05, 0.1) is 16.8 Å². The summed E-state index contributed by atoms with van der Waals surface area (Å²) in [6.07, 6.45) is 1.71. The van der Waals surface area contributed by atoms with E-state index in [0.717, 1.165) is 0 Å². The fourth-order valence-corrected chi connectivity index (χ4v) is 4.08. The average Bonchev–Trinajstić information content (AvgIpc) is 2.70. The van der Waals surface area contributed by atoms with Crippen molar-refractivity contribution in [2.75, 3.05) is 13.1 Å². The maximum absolute atomic E-state index is 12.3. The van der Waals surface area contributed by atoms with Crippen molar-refractivity contribution in [3.63, 3.8) is 0 Å². The van der Waals surface area contributed by atoms with Crippen molar-refractivity contribution in [2.24, 2.45) is 7.05 Å². The lowest BCUT2D eigenvalue weighted by molar-refractivity contribution is 0.0762. The molecule has 0 aromatic carbocycles. The normalized spacial score (nSPS) is 26.6. The number of sulfonamides is 1. The summed E-state index contributed by atoms with van der Waals surface area (Å²) in [7, 11) is -2.17. The van der Waals surface area contributed by atoms with Crippen LogP contribution in [0.3, 0.4) is 0 Å². The maximum atomic E-state index is 12.3. The molecule has 1 atom stereocenters. The maximum Gasteiger partial charge on any atom is 0.261 e. The number of hydrogen-bond donors (Lipinski definition) is 1. The summed E-state index contributed by atoms with van der Waals surface area (Å²) in [5.74, 6) is 0. The Bertz CT molecular complexity index is 518. The first-order valence-electron chi connectivity index (χ1n) is 5.14. The van der Waals surface area contributed by atoms with E-state index < -0.39 is 15.6 Å². The van der Waals surface area contributed by atoms with E-state index in [0.29, 0.717) is 6.42 Å². The van der Waals surface area contributed by atoms with Crippen LogP contribution < -0.4 is 0 Å². The number of aromatic nitrogens is 2. The van der Waals surface area contributed by atoms with Crippen molar-refractivity contribution in [1.29, 1.82) is 0 Å². The molecule has 1 aromatic rings. The van der Waals surface area contributed by atoms with Crippen LogP contribution in [0.4, 0.5) is 0 Å². The number of hydrogen-bond acceptors (Lipinski definition) is 4. The molecule has 0 spiro atoms. The highest BCUT2D eigenvalue weighted by Crippen LogP contribution is 2.29. The van der Waals surface area contributed by atoms with Crippen LogP contribution in [0.2, 0.25) is 5.02 Å². The topological polar surface area (TPSA) is 75.4 Å². The molecule has 2 heterocycles. The molecule has 1 N–H and O–H groups in total. The molecule has 96 valence electrons. The largest absolute Gasteiger partial charge is 0.389 e. The van der Waals surface area contributed by atoms with Crippen LogP contribution in [0.25, 0.3) is 0 Å². The smallest absolute Gasteiger partial charge is 0.261 e. The molecule has 1 unspecified atom stereocenters. The van der Waals surface area contributed by atoms with Gasteiger partial charge < -0.3 is 5.11 Å². The van der Waals surface area contributed by atoms with E-state index in [4.69, 9.17) is 11.6 Å². The summed E-state index contributed by atoms with van der Waals surface area (Å²) in [6, 6.07) is 0. The number of halogens is 1. The number of rotatable bonds is 2. The second-order valence-corrected chi connectivity index (χ2v) is 6.77. The highest BCUT2D eigenvalue weighted by Gasteiger charge is 2.40. The fraction of sp³-hybridized carbons (Fsp3) is 0.667. The molecule has 1 aromatic heterocycles. The number of nitrogens with zero attached hydrogens (tertiary/aromatic N) is 3. The molecule has 6 nitrogen and oxygen atoms in total. The Morgan fingerprint density at radius 1 is 1.59 bits per heavy atom. The summed E-state index contributed by atoms with van der Waals surface area (Å²) in [6.45, 7) is 1.99. The SMILES string of the molecule is Cn1ncc(Cl)c1S(=O)(=O)N1CCC(C)(O)C1. The van der Waals surface area contributed by atoms with E-state index in [9.17, 15) is 13.5 Å². The second kappa shape index (κ2) is 3.94. The lowest BCUT2D eigenvalue weighted by Gasteiger charge is -2.19. The first kappa shape index (κ1) is 12.8. The standard InChI is InChI=1S/C9H14ClN3O3S/c1-9(14)3-4-13(6-9)17(15,16)8-7(10)5-11-12(8)2/h5,14H,3-4,6H2,1-2H3. The zero-order valence-electron chi connectivity index (χ0n) is 9.59. The van der Waals surface area contributed by atoms with Crippen LogP contribution in [0.15, 0.2) is 11.2 Å². The Morgan fingerprint density at radius 3 is 2.65 bits per heavy atom. The number of aryl methyl sites for hydroxylation is 1. The van der Waals surface area contributed by atoms with Crippen molar-refractivity contribution >= 4 is 21.6 Å². The first-order valence-corrected chi connectivity index (χ1v) is 6.96. The highest BCUT2D eigenvalue weighted by atomic mass is 35.5. The van der Waals surface area contributed by atoms with E-state index in [1.165, 1.54) is 22.2 Å². The molecule has 2 rings (SSSR count). The first-order chi connectivity index (χ1) is 7.74. The van der Waals surface area contributed by atoms with Gasteiger partial charge in [0.1, 0.15) is 0 Å². The van der Waals surface area contributed by atoms with Gasteiger partial charge in [-0.3, -0.25) is 4.68 Å². The molecule has 0 bridgehead atoms. The van der Waals surface area contributed by atoms with Crippen LogP contribution in [0.5, 0.6) is 0 Å². The van der Waals surface area contributed by atoms with E-state index in [1.807, 2.05) is 0 Å². The van der Waals surface area contributed by atoms with Gasteiger partial charge in [0.15, 0.2) is 5.03 Å². The minimum absolute atomic E-state index is 0.0307. The van der Waals surface area contributed by atoms with E-state index >= 15 is 0 Å². The van der Waals surface area contributed by atoms with Gasteiger partial charge in [-0.2, -0.15) is 9.40 Å². The minimum Gasteiger partial charge on any atom is -0.389 e. The molecule has 1 fully saturated rings. The van der Waals surface area contributed by atoms with Gasteiger partial charge in [0.25, 0.3) is 10.0 Å². The summed E-state index contributed by atoms with van der Waals surface area (Å²) in [4.78, 5) is 0. The van der Waals surface area contributed by atoms with Crippen LogP contribution in [0, 0.1) is 0 Å². The predicted octanol–water partition coefficient (Wildman–Crippen LogP) is 0.219. The van der Waals surface area contributed by atoms with Gasteiger partial charge in [0, 0.05) is 20.1 Å². The third-order valence-corrected chi connectivity index (χ3v) is 5.20. The lowest BCUT2D eigenvalue weighted by Crippen LogP contribution is -2.34. The quantitative estimate of drug-likeness (QED) is 0.840. The van der Waals surface area contributed by atoms with Crippen LogP contribution in [-0.2, 0) is 17.1 Å². The Hall–Kier alpha value is -0.630. The summed E-state index contributed by atoms with van der Waals surface area (Å²) >= 11 is 5.83. The van der Waals surface area contributed by atoms with Crippen molar-refractivity contribution in [2.45, 2.75) is 24.0 Å². The zero-order chi connectivity index (χ0) is 12.8. The number of aliphatic hydroxyl groups is 1. The third kappa shape index (κ3) is 2.20. The Labute approximate surface area is 105 Å². The average molecular weight is 280 g/mol. The molecule has 0 radical (unpaired) electrons. The molecule has 1 saturated heterocycles. The summed E-state index contributed by atoms with van der Waals surface area (Å²) in [5.41, 5.74) is -0.974. The van der Waals surface area contributed by atoms with Crippen LogP contribution in [0.1, 0.15) is 13.3 Å². The predicted molar refractivity (Wildman–Crippen MR) is 62.2 cm³/mol. The van der Waals surface area contributed by atoms with Gasteiger partial charge in [0.2, 0.25) is 0 Å². The fourth-order valence-electron chi connectivity index (χ4n) is 1.92. The molecule has 0 amide bonds. The van der Waals surface area contributed by atoms with E-state index in [-0.39, 0.29) is 23.1 Å². The van der Waals surface area contributed by atoms with Gasteiger partial charge in [-0.05, 0) is 13.3 Å². The van der Waals surface area contributed by atoms with Crippen LogP contribution in [-0.4, -0.2) is 46.3 Å². The Kier molecular flexibility index (Phi) is 2.97. The minimum atomic E-state index is -3.69. The molecule has 1 aliphatic heterocycles. The van der Waals surface area contributed by atoms with Gasteiger partial charge in [-0.15, -0.1) is 0 Å². The van der Waals surface area contributed by atoms with Gasteiger partial charge >= 0.3 is 0 Å². The molecule has 8 heteroatoms. The monoisotopic (exact) mass is 279 g/mol. The Morgan fingerprint density at radius 2 is 2.24 bits per heavy atom. The zero-order valence-corrected chi connectivity index (χ0v) is 11.2. The summed E-state index contributed by atoms with van der Waals surface area (Å²) in [5, 5.41) is 13.7. The molecule has 1 aliphatic rings.